The highest BCUT2D eigenvalue weighted by molar-refractivity contribution is 5.23. The maximum atomic E-state index is 11.4. The van der Waals surface area contributed by atoms with Gasteiger partial charge in [0.15, 0.2) is 12.5 Å². The van der Waals surface area contributed by atoms with Crippen molar-refractivity contribution >= 4 is 5.82 Å². The number of nitrogens with zero attached hydrogens (tertiary/aromatic N) is 2. The molecule has 1 fully saturated rings. The van der Waals surface area contributed by atoms with Crippen molar-refractivity contribution in [2.24, 2.45) is 0 Å². The van der Waals surface area contributed by atoms with Crippen LogP contribution in [0.4, 0.5) is 5.82 Å². The number of nitrogen functional groups attached to an aromatic ring is 1. The van der Waals surface area contributed by atoms with Crippen molar-refractivity contribution in [2.45, 2.75) is 19.4 Å². The van der Waals surface area contributed by atoms with Crippen LogP contribution in [0.15, 0.2) is 17.1 Å². The Labute approximate surface area is 80.3 Å². The van der Waals surface area contributed by atoms with Crippen molar-refractivity contribution in [1.82, 2.24) is 9.55 Å². The second-order valence-electron chi connectivity index (χ2n) is 3.03. The Hall–Kier alpha value is -1.40. The number of nitrogens with two attached hydrogens (primary N) is 1. The standard InChI is InChI=1S/C8H11N3O3/c1-5-13-4-7(14-5)11-3-2-6(9)10-8(11)12/h2-3,5,7H,4H2,1H3,(H2,9,10,12)/t5-,7+/m0/s1. The Morgan fingerprint density at radius 2 is 2.50 bits per heavy atom. The molecule has 0 saturated carbocycles. The minimum Gasteiger partial charge on any atom is -0.383 e. The van der Waals surface area contributed by atoms with Gasteiger partial charge in [0.05, 0.1) is 6.61 Å². The average Bonchev–Trinajstić information content (AvgIpc) is 2.51. The van der Waals surface area contributed by atoms with Crippen molar-refractivity contribution in [2.75, 3.05) is 12.3 Å². The van der Waals surface area contributed by atoms with E-state index >= 15 is 0 Å². The maximum absolute atomic E-state index is 11.4. The van der Waals surface area contributed by atoms with E-state index in [1.165, 1.54) is 4.57 Å². The molecule has 14 heavy (non-hydrogen) atoms. The average molecular weight is 197 g/mol. The summed E-state index contributed by atoms with van der Waals surface area (Å²) in [4.78, 5) is 15.0. The van der Waals surface area contributed by atoms with Crippen molar-refractivity contribution in [3.05, 3.63) is 22.7 Å². The predicted molar refractivity (Wildman–Crippen MR) is 48.4 cm³/mol. The fourth-order valence-electron chi connectivity index (χ4n) is 1.31. The van der Waals surface area contributed by atoms with E-state index in [0.29, 0.717) is 6.61 Å². The van der Waals surface area contributed by atoms with Crippen LogP contribution in [0, 0.1) is 0 Å². The molecule has 0 bridgehead atoms. The van der Waals surface area contributed by atoms with Crippen LogP contribution in [-0.4, -0.2) is 22.4 Å². The normalized spacial score (nSPS) is 26.6. The lowest BCUT2D eigenvalue weighted by Crippen LogP contribution is -2.28. The summed E-state index contributed by atoms with van der Waals surface area (Å²) in [7, 11) is 0. The van der Waals surface area contributed by atoms with Crippen molar-refractivity contribution in [3.63, 3.8) is 0 Å². The fraction of sp³-hybridized carbons (Fsp3) is 0.500. The van der Waals surface area contributed by atoms with E-state index in [-0.39, 0.29) is 12.1 Å². The van der Waals surface area contributed by atoms with E-state index in [1.807, 2.05) is 0 Å². The Balaban J connectivity index is 2.29. The number of rotatable bonds is 1. The first-order chi connectivity index (χ1) is 6.66. The van der Waals surface area contributed by atoms with Crippen LogP contribution in [-0.2, 0) is 9.47 Å². The van der Waals surface area contributed by atoms with E-state index in [0.717, 1.165) is 0 Å². The lowest BCUT2D eigenvalue weighted by atomic mass is 10.5. The van der Waals surface area contributed by atoms with Gasteiger partial charge in [0.1, 0.15) is 5.82 Å². The van der Waals surface area contributed by atoms with Crippen LogP contribution < -0.4 is 11.4 Å². The molecule has 6 heteroatoms. The highest BCUT2D eigenvalue weighted by Crippen LogP contribution is 2.18. The number of aromatic nitrogens is 2. The molecular formula is C8H11N3O3. The van der Waals surface area contributed by atoms with Crippen LogP contribution >= 0.6 is 0 Å². The van der Waals surface area contributed by atoms with Gasteiger partial charge in [-0.05, 0) is 13.0 Å². The summed E-state index contributed by atoms with van der Waals surface area (Å²) < 4.78 is 11.9. The molecule has 0 spiro atoms. The second kappa shape index (κ2) is 3.39. The van der Waals surface area contributed by atoms with Crippen LogP contribution in [0.3, 0.4) is 0 Å². The van der Waals surface area contributed by atoms with Crippen molar-refractivity contribution < 1.29 is 9.47 Å². The fourth-order valence-corrected chi connectivity index (χ4v) is 1.31. The first kappa shape index (κ1) is 9.17. The van der Waals surface area contributed by atoms with Crippen LogP contribution in [0.5, 0.6) is 0 Å². The molecule has 0 amide bonds. The summed E-state index contributed by atoms with van der Waals surface area (Å²) >= 11 is 0. The minimum atomic E-state index is -0.423. The van der Waals surface area contributed by atoms with Gasteiger partial charge in [-0.1, -0.05) is 0 Å². The van der Waals surface area contributed by atoms with E-state index in [4.69, 9.17) is 15.2 Å². The Bertz CT molecular complexity index is 390. The molecule has 2 rings (SSSR count). The van der Waals surface area contributed by atoms with Crippen LogP contribution in [0.2, 0.25) is 0 Å². The van der Waals surface area contributed by atoms with Gasteiger partial charge in [-0.3, -0.25) is 4.57 Å². The molecule has 2 atom stereocenters. The largest absolute Gasteiger partial charge is 0.383 e. The summed E-state index contributed by atoms with van der Waals surface area (Å²) in [5.41, 5.74) is 4.93. The van der Waals surface area contributed by atoms with E-state index < -0.39 is 11.9 Å². The molecule has 2 heterocycles. The quantitative estimate of drug-likeness (QED) is 0.669. The molecule has 1 aliphatic rings. The Morgan fingerprint density at radius 3 is 3.07 bits per heavy atom. The molecule has 0 radical (unpaired) electrons. The number of hydrogen-bond donors (Lipinski definition) is 1. The van der Waals surface area contributed by atoms with E-state index in [1.54, 1.807) is 19.2 Å². The van der Waals surface area contributed by atoms with Gasteiger partial charge < -0.3 is 15.2 Å². The van der Waals surface area contributed by atoms with Gasteiger partial charge in [0, 0.05) is 6.20 Å². The number of ether oxygens (including phenoxy) is 2. The minimum absolute atomic E-state index is 0.207. The summed E-state index contributed by atoms with van der Waals surface area (Å²) in [6, 6.07) is 1.55. The third-order valence-electron chi connectivity index (χ3n) is 1.98. The van der Waals surface area contributed by atoms with Gasteiger partial charge in [-0.2, -0.15) is 4.98 Å². The zero-order valence-corrected chi connectivity index (χ0v) is 7.71. The highest BCUT2D eigenvalue weighted by Gasteiger charge is 2.24. The first-order valence-corrected chi connectivity index (χ1v) is 4.28. The zero-order chi connectivity index (χ0) is 10.1. The van der Waals surface area contributed by atoms with Gasteiger partial charge in [0.25, 0.3) is 0 Å². The second-order valence-corrected chi connectivity index (χ2v) is 3.03. The molecule has 0 aromatic carbocycles. The SMILES string of the molecule is C[C@H]1OC[C@H](n2ccc(N)nc2=O)O1. The van der Waals surface area contributed by atoms with E-state index in [9.17, 15) is 4.79 Å². The topological polar surface area (TPSA) is 79.4 Å². The van der Waals surface area contributed by atoms with Gasteiger partial charge in [0.2, 0.25) is 0 Å². The molecule has 1 saturated heterocycles. The highest BCUT2D eigenvalue weighted by atomic mass is 16.7. The lowest BCUT2D eigenvalue weighted by molar-refractivity contribution is -0.0579. The smallest absolute Gasteiger partial charge is 0.351 e. The number of anilines is 1. The molecule has 0 aliphatic carbocycles. The van der Waals surface area contributed by atoms with Crippen molar-refractivity contribution in [3.8, 4) is 0 Å². The third-order valence-corrected chi connectivity index (χ3v) is 1.98. The summed E-state index contributed by atoms with van der Waals surface area (Å²) in [6.07, 6.45) is 0.867. The molecular weight excluding hydrogens is 186 g/mol. The zero-order valence-electron chi connectivity index (χ0n) is 7.71. The third kappa shape index (κ3) is 1.61. The van der Waals surface area contributed by atoms with Crippen LogP contribution in [0.1, 0.15) is 13.2 Å². The first-order valence-electron chi connectivity index (χ1n) is 4.28. The molecule has 2 N–H and O–H groups in total. The summed E-state index contributed by atoms with van der Waals surface area (Å²) in [5.74, 6) is 0.207. The van der Waals surface area contributed by atoms with Gasteiger partial charge >= 0.3 is 5.69 Å². The van der Waals surface area contributed by atoms with Crippen LogP contribution in [0.25, 0.3) is 0 Å². The Morgan fingerprint density at radius 1 is 1.71 bits per heavy atom. The Kier molecular flexibility index (Phi) is 2.22. The number of hydrogen-bond acceptors (Lipinski definition) is 5. The van der Waals surface area contributed by atoms with Crippen molar-refractivity contribution in [1.29, 1.82) is 0 Å². The van der Waals surface area contributed by atoms with Gasteiger partial charge in [-0.15, -0.1) is 0 Å². The molecule has 76 valence electrons. The lowest BCUT2D eigenvalue weighted by Gasteiger charge is -2.10. The molecule has 1 aromatic heterocycles. The molecule has 6 nitrogen and oxygen atoms in total. The van der Waals surface area contributed by atoms with Gasteiger partial charge in [-0.25, -0.2) is 4.79 Å². The maximum Gasteiger partial charge on any atom is 0.351 e. The molecule has 1 aromatic rings. The van der Waals surface area contributed by atoms with E-state index in [2.05, 4.69) is 4.98 Å². The molecule has 1 aliphatic heterocycles. The monoisotopic (exact) mass is 197 g/mol. The summed E-state index contributed by atoms with van der Waals surface area (Å²) in [5, 5.41) is 0. The summed E-state index contributed by atoms with van der Waals surface area (Å²) in [6.45, 7) is 2.13. The predicted octanol–water partition coefficient (Wildman–Crippen LogP) is -0.283. The molecule has 0 unspecified atom stereocenters.